The van der Waals surface area contributed by atoms with Gasteiger partial charge in [0.15, 0.2) is 5.25 Å². The van der Waals surface area contributed by atoms with Crippen LogP contribution < -0.4 is 4.72 Å². The van der Waals surface area contributed by atoms with Crippen LogP contribution in [0.15, 0.2) is 30.3 Å². The van der Waals surface area contributed by atoms with Gasteiger partial charge in [0.1, 0.15) is 0 Å². The molecule has 1 atom stereocenters. The second kappa shape index (κ2) is 6.89. The van der Waals surface area contributed by atoms with Crippen molar-refractivity contribution in [1.29, 1.82) is 0 Å². The number of carboxylic acids is 1. The molecule has 1 rings (SSSR count). The zero-order valence-electron chi connectivity index (χ0n) is 11.4. The molecule has 0 amide bonds. The third kappa shape index (κ3) is 4.92. The molecule has 114 valence electrons. The minimum absolute atomic E-state index is 0.221. The summed E-state index contributed by atoms with van der Waals surface area (Å²) in [6, 6.07) is 6.10. The van der Waals surface area contributed by atoms with Crippen molar-refractivity contribution in [2.24, 2.45) is 0 Å². The third-order valence-corrected chi connectivity index (χ3v) is 4.21. The zero-order valence-corrected chi connectivity index (χ0v) is 12.3. The van der Waals surface area contributed by atoms with E-state index in [0.717, 1.165) is 13.2 Å². The maximum absolute atomic E-state index is 12.0. The molecule has 0 heterocycles. The summed E-state index contributed by atoms with van der Waals surface area (Å²) >= 11 is 0. The molecule has 1 unspecified atom stereocenters. The highest BCUT2D eigenvalue weighted by atomic mass is 32.2. The lowest BCUT2D eigenvalue weighted by molar-refractivity contribution is -0.139. The predicted octanol–water partition coefficient (Wildman–Crippen LogP) is 1.09. The Bertz CT molecular complexity index is 665. The van der Waals surface area contributed by atoms with Crippen LogP contribution in [0.3, 0.4) is 0 Å². The van der Waals surface area contributed by atoms with Gasteiger partial charge in [0.2, 0.25) is 10.0 Å². The van der Waals surface area contributed by atoms with Crippen LogP contribution in [0.1, 0.15) is 12.5 Å². The smallest absolute Gasteiger partial charge is 0.328 e. The number of carbonyl (C=O) groups excluding carboxylic acids is 1. The van der Waals surface area contributed by atoms with Crippen molar-refractivity contribution in [3.05, 3.63) is 35.9 Å². The van der Waals surface area contributed by atoms with E-state index in [2.05, 4.69) is 9.46 Å². The highest BCUT2D eigenvalue weighted by Gasteiger charge is 2.28. The minimum Gasteiger partial charge on any atom is -0.478 e. The van der Waals surface area contributed by atoms with Gasteiger partial charge < -0.3 is 9.84 Å². The fourth-order valence-electron chi connectivity index (χ4n) is 1.42. The van der Waals surface area contributed by atoms with Crippen LogP contribution in [0.25, 0.3) is 6.08 Å². The van der Waals surface area contributed by atoms with E-state index in [-0.39, 0.29) is 5.69 Å². The molecule has 7 nitrogen and oxygen atoms in total. The first kappa shape index (κ1) is 16.7. The summed E-state index contributed by atoms with van der Waals surface area (Å²) in [5, 5.41) is 7.18. The van der Waals surface area contributed by atoms with Gasteiger partial charge in [0.25, 0.3) is 0 Å². The van der Waals surface area contributed by atoms with Crippen molar-refractivity contribution in [1.82, 2.24) is 0 Å². The molecule has 0 fully saturated rings. The van der Waals surface area contributed by atoms with Gasteiger partial charge in [-0.2, -0.15) is 0 Å². The van der Waals surface area contributed by atoms with Crippen LogP contribution in [0.5, 0.6) is 0 Å². The van der Waals surface area contributed by atoms with E-state index in [1.807, 2.05) is 0 Å². The van der Waals surface area contributed by atoms with Gasteiger partial charge in [0.05, 0.1) is 7.11 Å². The average molecular weight is 313 g/mol. The predicted molar refractivity (Wildman–Crippen MR) is 77.1 cm³/mol. The number of carboxylic acid groups (broad SMARTS) is 1. The average Bonchev–Trinajstić information content (AvgIpc) is 2.43. The number of benzene rings is 1. The molecule has 1 aromatic carbocycles. The number of methoxy groups -OCH3 is 1. The van der Waals surface area contributed by atoms with Crippen molar-refractivity contribution in [2.75, 3.05) is 11.8 Å². The summed E-state index contributed by atoms with van der Waals surface area (Å²) in [6.45, 7) is 1.21. The standard InChI is InChI=1S/C13H15NO6S/c1-9(13(17)20-2)21(18,19)14-11-5-3-4-10(8-11)6-7-12(15)16/h3-9,14H,1-2H3,(H,15,16)/b7-6+. The summed E-state index contributed by atoms with van der Waals surface area (Å²) in [4.78, 5) is 21.7. The Morgan fingerprint density at radius 2 is 2.05 bits per heavy atom. The molecule has 0 saturated heterocycles. The first-order valence-electron chi connectivity index (χ1n) is 5.87. The topological polar surface area (TPSA) is 110 Å². The lowest BCUT2D eigenvalue weighted by atomic mass is 10.2. The zero-order chi connectivity index (χ0) is 16.0. The lowest BCUT2D eigenvalue weighted by Crippen LogP contribution is -2.33. The van der Waals surface area contributed by atoms with Gasteiger partial charge >= 0.3 is 11.9 Å². The number of esters is 1. The van der Waals surface area contributed by atoms with Crippen LogP contribution in [0.2, 0.25) is 0 Å². The summed E-state index contributed by atoms with van der Waals surface area (Å²) in [7, 11) is -2.83. The molecule has 0 saturated carbocycles. The van der Waals surface area contributed by atoms with Gasteiger partial charge in [-0.3, -0.25) is 9.52 Å². The number of sulfonamides is 1. The number of hydrogen-bond acceptors (Lipinski definition) is 5. The van der Waals surface area contributed by atoms with Crippen LogP contribution in [0, 0.1) is 0 Å². The number of rotatable bonds is 6. The molecular weight excluding hydrogens is 298 g/mol. The van der Waals surface area contributed by atoms with E-state index >= 15 is 0 Å². The maximum Gasteiger partial charge on any atom is 0.328 e. The Labute approximate surface area is 122 Å². The van der Waals surface area contributed by atoms with E-state index in [1.165, 1.54) is 25.1 Å². The maximum atomic E-state index is 12.0. The fourth-order valence-corrected chi connectivity index (χ4v) is 2.40. The van der Waals surface area contributed by atoms with E-state index in [9.17, 15) is 18.0 Å². The summed E-state index contributed by atoms with van der Waals surface area (Å²) in [6.07, 6.45) is 2.26. The van der Waals surface area contributed by atoms with E-state index in [0.29, 0.717) is 5.56 Å². The Morgan fingerprint density at radius 3 is 2.62 bits per heavy atom. The van der Waals surface area contributed by atoms with Gasteiger partial charge in [0, 0.05) is 11.8 Å². The largest absolute Gasteiger partial charge is 0.478 e. The third-order valence-electron chi connectivity index (χ3n) is 2.56. The molecule has 0 radical (unpaired) electrons. The quantitative estimate of drug-likeness (QED) is 0.601. The molecule has 0 aliphatic rings. The Morgan fingerprint density at radius 1 is 1.38 bits per heavy atom. The van der Waals surface area contributed by atoms with E-state index in [4.69, 9.17) is 5.11 Å². The van der Waals surface area contributed by atoms with Gasteiger partial charge in [-0.1, -0.05) is 12.1 Å². The second-order valence-electron chi connectivity index (χ2n) is 4.11. The van der Waals surface area contributed by atoms with Crippen molar-refractivity contribution >= 4 is 33.7 Å². The Hall–Kier alpha value is -2.35. The van der Waals surface area contributed by atoms with E-state index < -0.39 is 27.2 Å². The molecule has 2 N–H and O–H groups in total. The second-order valence-corrected chi connectivity index (χ2v) is 6.11. The van der Waals surface area contributed by atoms with Gasteiger partial charge in [-0.25, -0.2) is 13.2 Å². The highest BCUT2D eigenvalue weighted by Crippen LogP contribution is 2.15. The molecule has 0 aliphatic heterocycles. The van der Waals surface area contributed by atoms with Crippen molar-refractivity contribution in [2.45, 2.75) is 12.2 Å². The molecule has 21 heavy (non-hydrogen) atoms. The van der Waals surface area contributed by atoms with Crippen LogP contribution in [-0.4, -0.2) is 37.8 Å². The summed E-state index contributed by atoms with van der Waals surface area (Å²) in [5.41, 5.74) is 0.724. The molecule has 0 aliphatic carbocycles. The molecule has 1 aromatic rings. The number of hydrogen-bond donors (Lipinski definition) is 2. The number of ether oxygens (including phenoxy) is 1. The van der Waals surface area contributed by atoms with Gasteiger partial charge in [-0.05, 0) is 30.7 Å². The van der Waals surface area contributed by atoms with Crippen molar-refractivity contribution in [3.8, 4) is 0 Å². The van der Waals surface area contributed by atoms with Crippen LogP contribution in [0.4, 0.5) is 5.69 Å². The number of aliphatic carboxylic acids is 1. The number of carbonyl (C=O) groups is 2. The Kier molecular flexibility index (Phi) is 5.48. The Balaban J connectivity index is 2.95. The molecule has 0 aromatic heterocycles. The van der Waals surface area contributed by atoms with Crippen LogP contribution in [-0.2, 0) is 24.3 Å². The molecular formula is C13H15NO6S. The minimum atomic E-state index is -3.94. The van der Waals surface area contributed by atoms with Gasteiger partial charge in [-0.15, -0.1) is 0 Å². The first-order chi connectivity index (χ1) is 9.76. The normalized spacial score (nSPS) is 12.9. The molecule has 0 spiro atoms. The lowest BCUT2D eigenvalue weighted by Gasteiger charge is -2.13. The summed E-state index contributed by atoms with van der Waals surface area (Å²) < 4.78 is 30.5. The fraction of sp³-hybridized carbons (Fsp3) is 0.231. The first-order valence-corrected chi connectivity index (χ1v) is 7.41. The van der Waals surface area contributed by atoms with E-state index in [1.54, 1.807) is 12.1 Å². The van der Waals surface area contributed by atoms with Crippen molar-refractivity contribution < 1.29 is 27.9 Å². The SMILES string of the molecule is COC(=O)C(C)S(=O)(=O)Nc1cccc(/C=C/C(=O)O)c1. The highest BCUT2D eigenvalue weighted by molar-refractivity contribution is 7.94. The summed E-state index contributed by atoms with van der Waals surface area (Å²) in [5.74, 6) is -1.98. The number of anilines is 1. The molecule has 0 bridgehead atoms. The monoisotopic (exact) mass is 313 g/mol. The number of nitrogens with one attached hydrogen (secondary N) is 1. The van der Waals surface area contributed by atoms with Crippen LogP contribution >= 0.6 is 0 Å². The molecule has 8 heteroatoms. The van der Waals surface area contributed by atoms with Crippen molar-refractivity contribution in [3.63, 3.8) is 0 Å².